The van der Waals surface area contributed by atoms with Crippen molar-refractivity contribution in [3.8, 4) is 104 Å². The molecule has 0 saturated heterocycles. The third kappa shape index (κ3) is 12.0. The molecule has 0 fully saturated rings. The maximum Gasteiger partial charge on any atom is 2.00 e. The van der Waals surface area contributed by atoms with Crippen molar-refractivity contribution in [1.29, 1.82) is 0 Å². The molecule has 0 unspecified atom stereocenters. The van der Waals surface area contributed by atoms with E-state index in [4.69, 9.17) is 19.9 Å². The van der Waals surface area contributed by atoms with Crippen molar-refractivity contribution in [2.45, 2.75) is 0 Å². The van der Waals surface area contributed by atoms with Crippen LogP contribution in [-0.2, 0) is 16.5 Å². The van der Waals surface area contributed by atoms with Crippen LogP contribution in [0.4, 0.5) is 0 Å². The Bertz CT molecular complexity index is 5210. The summed E-state index contributed by atoms with van der Waals surface area (Å²) in [4.78, 5) is 23.5. The summed E-state index contributed by atoms with van der Waals surface area (Å²) in [6.45, 7) is 0. The molecule has 89 heavy (non-hydrogen) atoms. The molecule has 3 aromatic heterocycles. The van der Waals surface area contributed by atoms with Gasteiger partial charge < -0.3 is 9.97 Å². The van der Waals surface area contributed by atoms with Crippen LogP contribution in [0.1, 0.15) is 67.3 Å². The number of fused-ring (bicyclic) bond motifs is 8. The summed E-state index contributed by atoms with van der Waals surface area (Å²) < 4.78 is 0. The van der Waals surface area contributed by atoms with Gasteiger partial charge in [0, 0.05) is 44.5 Å². The predicted octanol–water partition coefficient (Wildman–Crippen LogP) is 17.6. The van der Waals surface area contributed by atoms with Gasteiger partial charge in [-0.05, 0) is 117 Å². The number of aromatic nitrogens is 4. The molecule has 0 N–H and O–H groups in total. The fraction of sp³-hybridized carbons (Fsp3) is 0. The van der Waals surface area contributed by atoms with E-state index in [9.17, 15) is 0 Å². The maximum atomic E-state index is 6.01. The van der Waals surface area contributed by atoms with Crippen molar-refractivity contribution in [3.05, 3.63) is 346 Å². The van der Waals surface area contributed by atoms with Crippen LogP contribution >= 0.6 is 0 Å². The molecule has 0 atom stereocenters. The first-order valence-corrected chi connectivity index (χ1v) is 29.0. The molecule has 14 rings (SSSR count). The van der Waals surface area contributed by atoms with E-state index < -0.39 is 0 Å². The number of hydrogen-bond acceptors (Lipinski definition) is 2. The number of allylic oxidation sites excluding steroid dienone is 2. The van der Waals surface area contributed by atoms with E-state index in [-0.39, 0.29) is 16.5 Å². The fourth-order valence-electron chi connectivity index (χ4n) is 10.9. The van der Waals surface area contributed by atoms with E-state index in [0.717, 1.165) is 66.8 Å². The summed E-state index contributed by atoms with van der Waals surface area (Å²) in [5, 5.41) is 0. The van der Waals surface area contributed by atoms with Gasteiger partial charge in [-0.15, -0.1) is 22.1 Å². The molecule has 414 valence electrons. The Balaban J connectivity index is 0.00000729. The van der Waals surface area contributed by atoms with E-state index >= 15 is 0 Å². The van der Waals surface area contributed by atoms with Crippen LogP contribution in [0.3, 0.4) is 0 Å². The molecule has 5 heterocycles. The third-order valence-electron chi connectivity index (χ3n) is 15.0. The van der Waals surface area contributed by atoms with Crippen LogP contribution in [0, 0.1) is 59.2 Å². The minimum atomic E-state index is 0. The van der Waals surface area contributed by atoms with E-state index in [0.29, 0.717) is 78.2 Å². The molecular formula is C84H48N4Ni. The van der Waals surface area contributed by atoms with E-state index in [2.05, 4.69) is 126 Å². The summed E-state index contributed by atoms with van der Waals surface area (Å²) in [6, 6.07) is 93.5. The van der Waals surface area contributed by atoms with Crippen molar-refractivity contribution >= 4 is 45.4 Å². The molecule has 2 aliphatic heterocycles. The Hall–Kier alpha value is -12.1. The van der Waals surface area contributed by atoms with Gasteiger partial charge in [0.1, 0.15) is 0 Å². The Labute approximate surface area is 528 Å². The van der Waals surface area contributed by atoms with Gasteiger partial charge in [-0.3, -0.25) is 0 Å². The zero-order valence-corrected chi connectivity index (χ0v) is 48.8. The second kappa shape index (κ2) is 26.0. The molecular weight excluding hydrogens is 1120 g/mol. The zero-order valence-electron chi connectivity index (χ0n) is 47.8. The standard InChI is InChI=1S/C84H48N4.Ni/c1-10-28-59(29-11-1)46-51-68-58-75-78(66-42-24-8-25-43-66)82-70(53-48-61-32-14-3-15-33-61)72(55-50-63-36-18-5-19-37-63)84(88-82)79(67-44-26-9-27-45-67)83-71(54-49-62-34-16-4-17-35-62)69(52-47-60-30-12-2-13-31-60)81(87-83)77(65-40-22-7-23-41-65)74-57-56-73(85-74)76(80(68)86-75)64-38-20-6-21-39-64;/h1-45,56-58H;/q-2;+2. The van der Waals surface area contributed by atoms with Gasteiger partial charge in [0.2, 0.25) is 0 Å². The molecule has 0 aliphatic carbocycles. The molecule has 0 amide bonds. The van der Waals surface area contributed by atoms with Gasteiger partial charge >= 0.3 is 16.5 Å². The van der Waals surface area contributed by atoms with Gasteiger partial charge in [0.05, 0.1) is 33.9 Å². The minimum Gasteiger partial charge on any atom is -0.656 e. The van der Waals surface area contributed by atoms with Crippen molar-refractivity contribution in [2.75, 3.05) is 0 Å². The maximum absolute atomic E-state index is 6.01. The monoisotopic (exact) mass is 1170 g/mol. The third-order valence-corrected chi connectivity index (χ3v) is 15.0. The summed E-state index contributed by atoms with van der Waals surface area (Å²) in [6.07, 6.45) is 4.17. The fourth-order valence-corrected chi connectivity index (χ4v) is 10.9. The first-order chi connectivity index (χ1) is 43.7. The average molecular weight is 1170 g/mol. The van der Waals surface area contributed by atoms with Crippen molar-refractivity contribution in [1.82, 2.24) is 19.9 Å². The minimum absolute atomic E-state index is 0. The SMILES string of the molecule is C(#Cc1ccccc1)C1=C(C#Cc2ccccc2)c2nc1c(-c1ccccc1)c1cc(C#Cc3ccccc3)c([n-]1)c(-c1ccccc1)c1nc(c(-c3ccccc3)c3[n-]c(c(C#Cc4ccccc4)c3C#Cc3ccccc3)c2-c2ccccc2)C=C1.[Ni+2]. The van der Waals surface area contributed by atoms with Crippen LogP contribution in [-0.4, -0.2) is 9.97 Å². The van der Waals surface area contributed by atoms with Gasteiger partial charge in [-0.1, -0.05) is 278 Å². The van der Waals surface area contributed by atoms with E-state index in [1.54, 1.807) is 0 Å². The zero-order chi connectivity index (χ0) is 58.9. The second-order valence-corrected chi connectivity index (χ2v) is 20.8. The molecule has 0 spiro atoms. The average Bonchev–Trinajstić information content (AvgIpc) is 1.63. The largest absolute Gasteiger partial charge is 2.00 e. The Morgan fingerprint density at radius 3 is 0.955 bits per heavy atom. The number of hydrogen-bond donors (Lipinski definition) is 0. The molecule has 4 nitrogen and oxygen atoms in total. The van der Waals surface area contributed by atoms with Crippen LogP contribution in [0.2, 0.25) is 0 Å². The molecule has 8 bridgehead atoms. The summed E-state index contributed by atoms with van der Waals surface area (Å²) in [7, 11) is 0. The predicted molar refractivity (Wildman–Crippen MR) is 360 cm³/mol. The smallest absolute Gasteiger partial charge is 0.656 e. The number of rotatable bonds is 4. The van der Waals surface area contributed by atoms with Gasteiger partial charge in [-0.25, -0.2) is 9.97 Å². The van der Waals surface area contributed by atoms with E-state index in [1.165, 1.54) is 0 Å². The second-order valence-electron chi connectivity index (χ2n) is 20.8. The summed E-state index contributed by atoms with van der Waals surface area (Å²) in [5.41, 5.74) is 18.8. The normalized spacial score (nSPS) is 11.0. The first kappa shape index (κ1) is 56.0. The quantitative estimate of drug-likeness (QED) is 0.130. The Morgan fingerprint density at radius 1 is 0.258 bits per heavy atom. The van der Waals surface area contributed by atoms with E-state index in [1.807, 2.05) is 224 Å². The molecule has 5 heteroatoms. The summed E-state index contributed by atoms with van der Waals surface area (Å²) >= 11 is 0. The number of benzene rings is 9. The van der Waals surface area contributed by atoms with Crippen LogP contribution < -0.4 is 9.97 Å². The van der Waals surface area contributed by atoms with Gasteiger partial charge in [-0.2, -0.15) is 0 Å². The van der Waals surface area contributed by atoms with Crippen molar-refractivity contribution in [3.63, 3.8) is 0 Å². The van der Waals surface area contributed by atoms with Crippen LogP contribution in [0.5, 0.6) is 0 Å². The van der Waals surface area contributed by atoms with Gasteiger partial charge in [0.15, 0.2) is 0 Å². The Kier molecular flexibility index (Phi) is 16.4. The van der Waals surface area contributed by atoms with Gasteiger partial charge in [0.25, 0.3) is 0 Å². The summed E-state index contributed by atoms with van der Waals surface area (Å²) in [5.74, 6) is 36.4. The molecule has 2 aliphatic rings. The molecule has 12 aromatic rings. The number of nitrogens with zero attached hydrogens (tertiary/aromatic N) is 4. The molecule has 0 saturated carbocycles. The molecule has 0 radical (unpaired) electrons. The van der Waals surface area contributed by atoms with Crippen LogP contribution in [0.15, 0.2) is 279 Å². The molecule has 9 aromatic carbocycles. The van der Waals surface area contributed by atoms with Crippen molar-refractivity contribution < 1.29 is 16.5 Å². The topological polar surface area (TPSA) is 54.0 Å². The first-order valence-electron chi connectivity index (χ1n) is 29.0. The van der Waals surface area contributed by atoms with Crippen LogP contribution in [0.25, 0.3) is 89.9 Å². The van der Waals surface area contributed by atoms with Crippen molar-refractivity contribution in [2.24, 2.45) is 0 Å². The Morgan fingerprint density at radius 2 is 0.562 bits per heavy atom.